The first kappa shape index (κ1) is 24.0. The Bertz CT molecular complexity index is 408. The molecule has 0 fully saturated rings. The van der Waals surface area contributed by atoms with Crippen molar-refractivity contribution < 1.29 is 38.3 Å². The summed E-state index contributed by atoms with van der Waals surface area (Å²) in [6.07, 6.45) is -3.82. The molecule has 0 saturated heterocycles. The van der Waals surface area contributed by atoms with Crippen molar-refractivity contribution in [2.45, 2.75) is 57.2 Å². The number of rotatable bonds is 9. The molecule has 25 heavy (non-hydrogen) atoms. The molecule has 144 valence electrons. The van der Waals surface area contributed by atoms with E-state index < -0.39 is 77.1 Å². The van der Waals surface area contributed by atoms with Crippen molar-refractivity contribution in [2.75, 3.05) is 0 Å². The second-order valence-corrected chi connectivity index (χ2v) is 9.06. The van der Waals surface area contributed by atoms with Crippen LogP contribution in [0.5, 0.6) is 0 Å². The van der Waals surface area contributed by atoms with Crippen molar-refractivity contribution in [3.8, 4) is 0 Å². The van der Waals surface area contributed by atoms with Crippen LogP contribution in [0.15, 0.2) is 0 Å². The standard InChI is InChI=1S/3C4H9NO3.In/c3*1-2(6)3(5)4(7)8;/h3*2-3,6H,5H2,1H3,(H,7,8);/q;;;+3/p-3/t3*2-,3+;/m111./s1. The van der Waals surface area contributed by atoms with Gasteiger partial charge in [-0.2, -0.15) is 0 Å². The zero-order valence-electron chi connectivity index (χ0n) is 14.1. The van der Waals surface area contributed by atoms with E-state index in [1.54, 1.807) is 0 Å². The molecule has 0 aromatic carbocycles. The van der Waals surface area contributed by atoms with Crippen molar-refractivity contribution in [2.24, 2.45) is 17.2 Å². The average molecular weight is 469 g/mol. The molecule has 0 heterocycles. The molecule has 0 aliphatic rings. The molecule has 0 aliphatic carbocycles. The Hall–Kier alpha value is -0.960. The van der Waals surface area contributed by atoms with E-state index in [-0.39, 0.29) is 0 Å². The topological polar surface area (TPSA) is 218 Å². The van der Waals surface area contributed by atoms with Crippen molar-refractivity contribution in [1.82, 2.24) is 0 Å². The zero-order chi connectivity index (χ0) is 19.9. The van der Waals surface area contributed by atoms with E-state index in [9.17, 15) is 29.7 Å². The van der Waals surface area contributed by atoms with Gasteiger partial charge in [0.15, 0.2) is 0 Å². The summed E-state index contributed by atoms with van der Waals surface area (Å²) >= 11 is -4.64. The maximum absolute atomic E-state index is 11.8. The molecule has 0 bridgehead atoms. The number of hydrogen-bond acceptors (Lipinski definition) is 12. The van der Waals surface area contributed by atoms with Crippen molar-refractivity contribution in [1.29, 1.82) is 0 Å². The molecular weight excluding hydrogens is 445 g/mol. The molecule has 0 radical (unpaired) electrons. The van der Waals surface area contributed by atoms with Crippen LogP contribution >= 0.6 is 0 Å². The van der Waals surface area contributed by atoms with Crippen molar-refractivity contribution in [3.05, 3.63) is 0 Å². The first-order valence-corrected chi connectivity index (χ1v) is 11.3. The summed E-state index contributed by atoms with van der Waals surface area (Å²) in [7, 11) is 0. The predicted molar refractivity (Wildman–Crippen MR) is 83.0 cm³/mol. The molecule has 0 aliphatic heterocycles. The van der Waals surface area contributed by atoms with Gasteiger partial charge in [-0.15, -0.1) is 0 Å². The van der Waals surface area contributed by atoms with E-state index in [4.69, 9.17) is 25.8 Å². The summed E-state index contributed by atoms with van der Waals surface area (Å²) in [5, 5.41) is 27.8. The first-order chi connectivity index (χ1) is 11.4. The second kappa shape index (κ2) is 10.9. The van der Waals surface area contributed by atoms with Crippen LogP contribution in [-0.4, -0.2) is 92.4 Å². The summed E-state index contributed by atoms with van der Waals surface area (Å²) in [4.78, 5) is 35.3. The van der Waals surface area contributed by atoms with Gasteiger partial charge in [0, 0.05) is 0 Å². The molecule has 0 aromatic rings. The minimum atomic E-state index is -4.64. The third-order valence-electron chi connectivity index (χ3n) is 3.01. The Balaban J connectivity index is 5.14. The first-order valence-electron chi connectivity index (χ1n) is 7.30. The summed E-state index contributed by atoms with van der Waals surface area (Å²) < 4.78 is 14.4. The fourth-order valence-electron chi connectivity index (χ4n) is 1.18. The number of aliphatic hydroxyl groups excluding tert-OH is 3. The third-order valence-corrected chi connectivity index (χ3v) is 6.65. The Kier molecular flexibility index (Phi) is 10.5. The van der Waals surface area contributed by atoms with Gasteiger partial charge in [-0.25, -0.2) is 0 Å². The van der Waals surface area contributed by atoms with E-state index in [0.29, 0.717) is 0 Å². The van der Waals surface area contributed by atoms with Gasteiger partial charge in [0.05, 0.1) is 0 Å². The van der Waals surface area contributed by atoms with E-state index in [0.717, 1.165) is 0 Å². The van der Waals surface area contributed by atoms with Gasteiger partial charge in [0.25, 0.3) is 0 Å². The zero-order valence-corrected chi connectivity index (χ0v) is 17.4. The van der Waals surface area contributed by atoms with Gasteiger partial charge in [0.2, 0.25) is 0 Å². The summed E-state index contributed by atoms with van der Waals surface area (Å²) in [6, 6.07) is -4.40. The third kappa shape index (κ3) is 8.31. The van der Waals surface area contributed by atoms with Gasteiger partial charge in [0.1, 0.15) is 0 Å². The Morgan fingerprint density at radius 1 is 0.680 bits per heavy atom. The molecule has 0 rings (SSSR count). The quantitative estimate of drug-likeness (QED) is 0.189. The van der Waals surface area contributed by atoms with Gasteiger partial charge in [-0.05, 0) is 0 Å². The molecule has 9 N–H and O–H groups in total. The van der Waals surface area contributed by atoms with Crippen LogP contribution in [0.2, 0.25) is 0 Å². The van der Waals surface area contributed by atoms with Gasteiger partial charge in [-0.3, -0.25) is 0 Å². The normalized spacial score (nSPS) is 18.1. The number of nitrogens with two attached hydrogens (primary N) is 3. The van der Waals surface area contributed by atoms with Crippen molar-refractivity contribution >= 4 is 40.7 Å². The maximum atomic E-state index is 11.8. The number of carbonyl (C=O) groups excluding carboxylic acids is 3. The van der Waals surface area contributed by atoms with E-state index in [2.05, 4.69) is 0 Å². The number of carbonyl (C=O) groups is 3. The van der Waals surface area contributed by atoms with Crippen LogP contribution in [0, 0.1) is 0 Å². The SMILES string of the molecule is C[C@@H](O)[C@H](N)C(=O)[O][In]([O]C(=O)[C@@H](N)[C@@H](C)O)[O]C(=O)[C@@H](N)[C@@H](C)O. The van der Waals surface area contributed by atoms with Gasteiger partial charge >= 0.3 is 153 Å². The second-order valence-electron chi connectivity index (χ2n) is 5.40. The van der Waals surface area contributed by atoms with E-state index in [1.165, 1.54) is 20.8 Å². The Labute approximate surface area is 153 Å². The van der Waals surface area contributed by atoms with Crippen molar-refractivity contribution in [3.63, 3.8) is 0 Å². The van der Waals surface area contributed by atoms with Crippen LogP contribution in [0.25, 0.3) is 0 Å². The van der Waals surface area contributed by atoms with Gasteiger partial charge in [-0.1, -0.05) is 0 Å². The molecule has 0 spiro atoms. The van der Waals surface area contributed by atoms with E-state index in [1.807, 2.05) is 0 Å². The number of aliphatic hydroxyl groups is 3. The van der Waals surface area contributed by atoms with Crippen LogP contribution in [0.3, 0.4) is 0 Å². The Morgan fingerprint density at radius 2 is 0.880 bits per heavy atom. The Morgan fingerprint density at radius 3 is 1.04 bits per heavy atom. The van der Waals surface area contributed by atoms with Crippen LogP contribution in [0.4, 0.5) is 0 Å². The van der Waals surface area contributed by atoms with Crippen LogP contribution < -0.4 is 17.2 Å². The molecule has 12 nitrogen and oxygen atoms in total. The monoisotopic (exact) mass is 469 g/mol. The fourth-order valence-corrected chi connectivity index (χ4v) is 4.56. The number of hydrogen-bond donors (Lipinski definition) is 6. The van der Waals surface area contributed by atoms with Gasteiger partial charge < -0.3 is 0 Å². The van der Waals surface area contributed by atoms with Crippen LogP contribution in [0.1, 0.15) is 20.8 Å². The fraction of sp³-hybridized carbons (Fsp3) is 0.750. The summed E-state index contributed by atoms with van der Waals surface area (Å²) in [5.41, 5.74) is 16.2. The summed E-state index contributed by atoms with van der Waals surface area (Å²) in [5.74, 6) is -3.48. The molecule has 0 saturated carbocycles. The molecule has 6 atom stereocenters. The average Bonchev–Trinajstić information content (AvgIpc) is 2.51. The minimum absolute atomic E-state index is 1.16. The van der Waals surface area contributed by atoms with E-state index >= 15 is 0 Å². The molecule has 13 heteroatoms. The predicted octanol–water partition coefficient (Wildman–Crippen LogP) is -4.27. The molecular formula is C12H24InN3O9. The molecule has 0 aromatic heterocycles. The molecule has 0 unspecified atom stereocenters. The molecule has 0 amide bonds. The summed E-state index contributed by atoms with van der Waals surface area (Å²) in [6.45, 7) is 3.67. The van der Waals surface area contributed by atoms with Crippen LogP contribution in [-0.2, 0) is 22.9 Å².